The fourth-order valence-electron chi connectivity index (χ4n) is 2.01. The van der Waals surface area contributed by atoms with Gasteiger partial charge in [-0.1, -0.05) is 44.9 Å². The molecule has 0 amide bonds. The average Bonchev–Trinajstić information content (AvgIpc) is 1.94. The van der Waals surface area contributed by atoms with Gasteiger partial charge >= 0.3 is 0 Å². The summed E-state index contributed by atoms with van der Waals surface area (Å²) in [4.78, 5) is 8.92. The van der Waals surface area contributed by atoms with Crippen LogP contribution in [0.2, 0.25) is 6.04 Å². The summed E-state index contributed by atoms with van der Waals surface area (Å²) in [5, 5.41) is 0. The fraction of sp³-hybridized carbons (Fsp3) is 1.00. The molecule has 11 heavy (non-hydrogen) atoms. The molecule has 0 saturated heterocycles. The molecule has 0 heterocycles. The first-order valence-corrected chi connectivity index (χ1v) is 6.67. The van der Waals surface area contributed by atoms with Gasteiger partial charge in [-0.2, -0.15) is 0 Å². The molecule has 1 aliphatic carbocycles. The van der Waals surface area contributed by atoms with Crippen LogP contribution in [0.1, 0.15) is 44.9 Å². The monoisotopic (exact) mass is 172 g/mol. The van der Waals surface area contributed by atoms with Crippen LogP contribution in [0.15, 0.2) is 0 Å². The van der Waals surface area contributed by atoms with Crippen molar-refractivity contribution in [1.82, 2.24) is 0 Å². The largest absolute Gasteiger partial charge is 0.438 e. The van der Waals surface area contributed by atoms with Gasteiger partial charge in [0.1, 0.15) is 0 Å². The van der Waals surface area contributed by atoms with E-state index in [9.17, 15) is 0 Å². The molecule has 0 aliphatic heterocycles. The van der Waals surface area contributed by atoms with Crippen molar-refractivity contribution in [2.24, 2.45) is 5.92 Å². The molecule has 1 N–H and O–H groups in total. The predicted molar refractivity (Wildman–Crippen MR) is 51.4 cm³/mol. The Bertz CT molecular complexity index is 87.6. The molecule has 2 heteroatoms. The lowest BCUT2D eigenvalue weighted by molar-refractivity contribution is 0.395. The van der Waals surface area contributed by atoms with E-state index in [0.29, 0.717) is 0 Å². The highest BCUT2D eigenvalue weighted by atomic mass is 28.2. The first kappa shape index (κ1) is 9.27. The quantitative estimate of drug-likeness (QED) is 0.630. The predicted octanol–water partition coefficient (Wildman–Crippen LogP) is 1.84. The summed E-state index contributed by atoms with van der Waals surface area (Å²) in [6.45, 7) is 0. The van der Waals surface area contributed by atoms with Gasteiger partial charge in [0.25, 0.3) is 0 Å². The van der Waals surface area contributed by atoms with Gasteiger partial charge in [0, 0.05) is 0 Å². The van der Waals surface area contributed by atoms with Crippen molar-refractivity contribution in [3.05, 3.63) is 0 Å². The smallest absolute Gasteiger partial charge is 0.157 e. The van der Waals surface area contributed by atoms with E-state index in [2.05, 4.69) is 0 Å². The van der Waals surface area contributed by atoms with Gasteiger partial charge in [-0.05, 0) is 12.0 Å². The van der Waals surface area contributed by atoms with Crippen molar-refractivity contribution in [1.29, 1.82) is 0 Å². The Morgan fingerprint density at radius 2 is 1.55 bits per heavy atom. The zero-order valence-corrected chi connectivity index (χ0v) is 8.80. The molecule has 1 nitrogen and oxygen atoms in total. The van der Waals surface area contributed by atoms with Gasteiger partial charge in [-0.15, -0.1) is 0 Å². The van der Waals surface area contributed by atoms with E-state index in [-0.39, 0.29) is 0 Å². The number of rotatable bonds is 2. The lowest BCUT2D eigenvalue weighted by Crippen LogP contribution is -2.06. The average molecular weight is 172 g/mol. The summed E-state index contributed by atoms with van der Waals surface area (Å²) in [5.41, 5.74) is 0. The minimum absolute atomic E-state index is 0.658. The normalized spacial score (nSPS) is 23.7. The molecule has 66 valence electrons. The third kappa shape index (κ3) is 3.92. The number of hydrogen-bond acceptors (Lipinski definition) is 1. The van der Waals surface area contributed by atoms with Crippen LogP contribution in [-0.2, 0) is 0 Å². The Morgan fingerprint density at radius 3 is 2.09 bits per heavy atom. The molecule has 1 fully saturated rings. The Balaban J connectivity index is 2.15. The van der Waals surface area contributed by atoms with E-state index >= 15 is 0 Å². The standard InChI is InChI=1S/C9H20OSi/c10-11-8-9-6-4-2-1-3-5-7-9/h9-10H,1-8,11H2. The minimum Gasteiger partial charge on any atom is -0.438 e. The third-order valence-electron chi connectivity index (χ3n) is 2.76. The fourth-order valence-corrected chi connectivity index (χ4v) is 2.95. The molecule has 1 aliphatic rings. The van der Waals surface area contributed by atoms with E-state index in [1.54, 1.807) is 0 Å². The first-order chi connectivity index (χ1) is 5.43. The van der Waals surface area contributed by atoms with E-state index < -0.39 is 9.76 Å². The lowest BCUT2D eigenvalue weighted by Gasteiger charge is -2.17. The molecule has 0 radical (unpaired) electrons. The van der Waals surface area contributed by atoms with Crippen molar-refractivity contribution in [2.75, 3.05) is 0 Å². The van der Waals surface area contributed by atoms with Crippen LogP contribution in [0.25, 0.3) is 0 Å². The van der Waals surface area contributed by atoms with Crippen molar-refractivity contribution in [2.45, 2.75) is 51.0 Å². The topological polar surface area (TPSA) is 20.2 Å². The second-order valence-electron chi connectivity index (χ2n) is 3.72. The van der Waals surface area contributed by atoms with Gasteiger partial charge in [0.2, 0.25) is 0 Å². The molecule has 1 rings (SSSR count). The highest BCUT2D eigenvalue weighted by Gasteiger charge is 2.09. The maximum Gasteiger partial charge on any atom is 0.157 e. The van der Waals surface area contributed by atoms with Crippen molar-refractivity contribution < 1.29 is 4.80 Å². The third-order valence-corrected chi connectivity index (χ3v) is 3.84. The summed E-state index contributed by atoms with van der Waals surface area (Å²) >= 11 is 0. The highest BCUT2D eigenvalue weighted by molar-refractivity contribution is 6.25. The van der Waals surface area contributed by atoms with Gasteiger partial charge in [-0.25, -0.2) is 0 Å². The lowest BCUT2D eigenvalue weighted by atomic mass is 9.93. The first-order valence-electron chi connectivity index (χ1n) is 5.04. The van der Waals surface area contributed by atoms with Crippen LogP contribution in [0.5, 0.6) is 0 Å². The Labute approximate surface area is 72.1 Å². The molecular weight excluding hydrogens is 152 g/mol. The molecule has 0 unspecified atom stereocenters. The van der Waals surface area contributed by atoms with E-state index in [0.717, 1.165) is 5.92 Å². The summed E-state index contributed by atoms with van der Waals surface area (Å²) in [5.74, 6) is 0.895. The van der Waals surface area contributed by atoms with E-state index in [1.807, 2.05) is 0 Å². The van der Waals surface area contributed by atoms with Gasteiger partial charge in [0.15, 0.2) is 9.76 Å². The molecule has 0 aromatic heterocycles. The molecule has 0 spiro atoms. The Kier molecular flexibility index (Phi) is 4.87. The zero-order valence-electron chi connectivity index (χ0n) is 7.39. The molecule has 0 aromatic carbocycles. The maximum absolute atomic E-state index is 8.92. The second kappa shape index (κ2) is 5.78. The minimum atomic E-state index is -0.658. The highest BCUT2D eigenvalue weighted by Crippen LogP contribution is 2.24. The van der Waals surface area contributed by atoms with Crippen LogP contribution < -0.4 is 0 Å². The molecule has 0 bridgehead atoms. The summed E-state index contributed by atoms with van der Waals surface area (Å²) < 4.78 is 0. The summed E-state index contributed by atoms with van der Waals surface area (Å²) in [6.07, 6.45) is 9.94. The number of hydrogen-bond donors (Lipinski definition) is 1. The maximum atomic E-state index is 8.92. The molecular formula is C9H20OSi. The summed E-state index contributed by atoms with van der Waals surface area (Å²) in [6, 6.07) is 1.18. The van der Waals surface area contributed by atoms with Gasteiger partial charge in [0.05, 0.1) is 0 Å². The van der Waals surface area contributed by atoms with Crippen LogP contribution in [0, 0.1) is 5.92 Å². The second-order valence-corrected chi connectivity index (χ2v) is 4.75. The van der Waals surface area contributed by atoms with Gasteiger partial charge < -0.3 is 4.80 Å². The SMILES string of the molecule is O[SiH2]CC1CCCCCCC1. The van der Waals surface area contributed by atoms with Crippen LogP contribution in [0.3, 0.4) is 0 Å². The van der Waals surface area contributed by atoms with Crippen LogP contribution in [0.4, 0.5) is 0 Å². The van der Waals surface area contributed by atoms with Crippen LogP contribution >= 0.6 is 0 Å². The van der Waals surface area contributed by atoms with Crippen molar-refractivity contribution in [3.63, 3.8) is 0 Å². The zero-order chi connectivity index (χ0) is 7.94. The molecule has 1 saturated carbocycles. The molecule has 0 aromatic rings. The Hall–Kier alpha value is 0.177. The van der Waals surface area contributed by atoms with Crippen LogP contribution in [-0.4, -0.2) is 14.6 Å². The van der Waals surface area contributed by atoms with Gasteiger partial charge in [-0.3, -0.25) is 0 Å². The Morgan fingerprint density at radius 1 is 1.00 bits per heavy atom. The molecule has 0 atom stereocenters. The van der Waals surface area contributed by atoms with Crippen molar-refractivity contribution in [3.8, 4) is 0 Å². The van der Waals surface area contributed by atoms with E-state index in [1.165, 1.54) is 51.0 Å². The van der Waals surface area contributed by atoms with Crippen molar-refractivity contribution >= 4 is 9.76 Å². The summed E-state index contributed by atoms with van der Waals surface area (Å²) in [7, 11) is -0.658. The van der Waals surface area contributed by atoms with E-state index in [4.69, 9.17) is 4.80 Å².